The lowest BCUT2D eigenvalue weighted by atomic mass is 9.89. The fourth-order valence-electron chi connectivity index (χ4n) is 3.86. The lowest BCUT2D eigenvalue weighted by molar-refractivity contribution is 0.378. The van der Waals surface area contributed by atoms with Crippen LogP contribution in [0.1, 0.15) is 39.5 Å². The Kier molecular flexibility index (Phi) is 3.08. The summed E-state index contributed by atoms with van der Waals surface area (Å²) in [5, 5.41) is 3.63. The highest BCUT2D eigenvalue weighted by Gasteiger charge is 2.44. The molecule has 1 N–H and O–H groups in total. The lowest BCUT2D eigenvalue weighted by Crippen LogP contribution is -2.57. The number of anilines is 2. The van der Waals surface area contributed by atoms with Crippen molar-refractivity contribution in [3.05, 3.63) is 18.2 Å². The summed E-state index contributed by atoms with van der Waals surface area (Å²) < 4.78 is 5.40. The Morgan fingerprint density at radius 3 is 2.63 bits per heavy atom. The zero-order valence-corrected chi connectivity index (χ0v) is 12.2. The smallest absolute Gasteiger partial charge is 0.121 e. The van der Waals surface area contributed by atoms with Crippen LogP contribution in [0.25, 0.3) is 0 Å². The van der Waals surface area contributed by atoms with Crippen molar-refractivity contribution in [1.29, 1.82) is 0 Å². The quantitative estimate of drug-likeness (QED) is 0.878. The molecule has 1 aliphatic carbocycles. The largest absolute Gasteiger partial charge is 0.497 e. The maximum atomic E-state index is 5.40. The van der Waals surface area contributed by atoms with Crippen molar-refractivity contribution < 1.29 is 4.74 Å². The molecule has 1 spiro atoms. The molecule has 0 saturated heterocycles. The molecule has 1 saturated carbocycles. The maximum Gasteiger partial charge on any atom is 0.121 e. The van der Waals surface area contributed by atoms with E-state index in [1.807, 2.05) is 6.07 Å². The second kappa shape index (κ2) is 4.62. The second-order valence-electron chi connectivity index (χ2n) is 6.13. The molecule has 1 aromatic rings. The van der Waals surface area contributed by atoms with E-state index in [-0.39, 0.29) is 0 Å². The minimum atomic E-state index is 0.313. The summed E-state index contributed by atoms with van der Waals surface area (Å²) in [5.74, 6) is 0.946. The highest BCUT2D eigenvalue weighted by atomic mass is 16.5. The van der Waals surface area contributed by atoms with E-state index in [1.54, 1.807) is 7.11 Å². The fourth-order valence-corrected chi connectivity index (χ4v) is 3.86. The first-order chi connectivity index (χ1) is 9.16. The van der Waals surface area contributed by atoms with E-state index in [0.29, 0.717) is 11.6 Å². The monoisotopic (exact) mass is 260 g/mol. The van der Waals surface area contributed by atoms with Crippen LogP contribution in [0.4, 0.5) is 11.4 Å². The number of nitrogens with zero attached hydrogens (tertiary/aromatic N) is 1. The van der Waals surface area contributed by atoms with Crippen LogP contribution in [0, 0.1) is 0 Å². The zero-order chi connectivity index (χ0) is 13.5. The zero-order valence-electron chi connectivity index (χ0n) is 12.2. The molecule has 2 aliphatic rings. The molecule has 0 unspecified atom stereocenters. The Bertz CT molecular complexity index is 464. The van der Waals surface area contributed by atoms with Crippen molar-refractivity contribution in [2.75, 3.05) is 23.9 Å². The van der Waals surface area contributed by atoms with Crippen LogP contribution in [0.5, 0.6) is 5.75 Å². The summed E-state index contributed by atoms with van der Waals surface area (Å²) >= 11 is 0. The first kappa shape index (κ1) is 12.6. The summed E-state index contributed by atoms with van der Waals surface area (Å²) in [4.78, 5) is 2.63. The molecule has 0 atom stereocenters. The van der Waals surface area contributed by atoms with Gasteiger partial charge in [-0.05, 0) is 38.8 Å². The lowest BCUT2D eigenvalue weighted by Gasteiger charge is -2.50. The summed E-state index contributed by atoms with van der Waals surface area (Å²) in [6, 6.07) is 6.88. The number of hydrogen-bond donors (Lipinski definition) is 1. The van der Waals surface area contributed by atoms with E-state index in [9.17, 15) is 0 Å². The number of rotatable bonds is 2. The van der Waals surface area contributed by atoms with Crippen LogP contribution >= 0.6 is 0 Å². The molecule has 1 aliphatic heterocycles. The van der Waals surface area contributed by atoms with Crippen molar-refractivity contribution in [1.82, 2.24) is 0 Å². The van der Waals surface area contributed by atoms with Gasteiger partial charge in [0.2, 0.25) is 0 Å². The number of benzene rings is 1. The fraction of sp³-hybridized carbons (Fsp3) is 0.625. The second-order valence-corrected chi connectivity index (χ2v) is 6.13. The van der Waals surface area contributed by atoms with E-state index in [4.69, 9.17) is 4.74 Å². The number of ether oxygens (including phenoxy) is 1. The standard InChI is InChI=1S/C16H24N2O/c1-12(2)18-15-10-13(19-3)6-7-14(15)17-11-16(18)8-4-5-9-16/h6-7,10,12,17H,4-5,8-9,11H2,1-3H3. The molecule has 0 radical (unpaired) electrons. The van der Waals surface area contributed by atoms with Crippen molar-refractivity contribution in [3.63, 3.8) is 0 Å². The van der Waals surface area contributed by atoms with Gasteiger partial charge in [0.05, 0.1) is 24.0 Å². The van der Waals surface area contributed by atoms with Gasteiger partial charge >= 0.3 is 0 Å². The van der Waals surface area contributed by atoms with Gasteiger partial charge in [-0.25, -0.2) is 0 Å². The Morgan fingerprint density at radius 2 is 2.00 bits per heavy atom. The van der Waals surface area contributed by atoms with E-state index in [2.05, 4.69) is 36.2 Å². The molecule has 0 aromatic heterocycles. The van der Waals surface area contributed by atoms with Crippen LogP contribution < -0.4 is 15.0 Å². The van der Waals surface area contributed by atoms with Gasteiger partial charge in [0, 0.05) is 18.7 Å². The summed E-state index contributed by atoms with van der Waals surface area (Å²) in [5.41, 5.74) is 2.86. The molecule has 1 heterocycles. The van der Waals surface area contributed by atoms with Crippen molar-refractivity contribution in [2.45, 2.75) is 51.1 Å². The number of hydrogen-bond acceptors (Lipinski definition) is 3. The van der Waals surface area contributed by atoms with E-state index >= 15 is 0 Å². The molecule has 19 heavy (non-hydrogen) atoms. The van der Waals surface area contributed by atoms with Crippen molar-refractivity contribution >= 4 is 11.4 Å². The third-order valence-electron chi connectivity index (χ3n) is 4.63. The molecule has 3 nitrogen and oxygen atoms in total. The number of fused-ring (bicyclic) bond motifs is 1. The average Bonchev–Trinajstić information content (AvgIpc) is 2.86. The summed E-state index contributed by atoms with van der Waals surface area (Å²) in [6.07, 6.45) is 5.30. The number of methoxy groups -OCH3 is 1. The van der Waals surface area contributed by atoms with Gasteiger partial charge in [-0.15, -0.1) is 0 Å². The van der Waals surface area contributed by atoms with Gasteiger partial charge in [0.15, 0.2) is 0 Å². The first-order valence-electron chi connectivity index (χ1n) is 7.37. The predicted molar refractivity (Wildman–Crippen MR) is 80.3 cm³/mol. The molecule has 3 rings (SSSR count). The molecule has 1 aromatic carbocycles. The molecule has 104 valence electrons. The topological polar surface area (TPSA) is 24.5 Å². The van der Waals surface area contributed by atoms with Gasteiger partial charge < -0.3 is 15.0 Å². The van der Waals surface area contributed by atoms with E-state index in [0.717, 1.165) is 12.3 Å². The summed E-state index contributed by atoms with van der Waals surface area (Å²) in [6.45, 7) is 5.67. The van der Waals surface area contributed by atoms with Crippen molar-refractivity contribution in [2.24, 2.45) is 0 Å². The van der Waals surface area contributed by atoms with Gasteiger partial charge in [-0.2, -0.15) is 0 Å². The van der Waals surface area contributed by atoms with Crippen LogP contribution in [-0.2, 0) is 0 Å². The SMILES string of the molecule is COc1ccc2c(c1)N(C(C)C)C1(CCCC1)CN2. The van der Waals surface area contributed by atoms with Gasteiger partial charge in [-0.3, -0.25) is 0 Å². The van der Waals surface area contributed by atoms with Crippen LogP contribution in [0.2, 0.25) is 0 Å². The van der Waals surface area contributed by atoms with Gasteiger partial charge in [-0.1, -0.05) is 12.8 Å². The minimum Gasteiger partial charge on any atom is -0.497 e. The maximum absolute atomic E-state index is 5.40. The van der Waals surface area contributed by atoms with Gasteiger partial charge in [0.1, 0.15) is 5.75 Å². The minimum absolute atomic E-state index is 0.313. The third-order valence-corrected chi connectivity index (χ3v) is 4.63. The van der Waals surface area contributed by atoms with Crippen molar-refractivity contribution in [3.8, 4) is 5.75 Å². The number of nitrogens with one attached hydrogen (secondary N) is 1. The normalized spacial score (nSPS) is 20.5. The molecule has 1 fully saturated rings. The van der Waals surface area contributed by atoms with E-state index in [1.165, 1.54) is 37.1 Å². The Balaban J connectivity index is 2.07. The van der Waals surface area contributed by atoms with E-state index < -0.39 is 0 Å². The highest BCUT2D eigenvalue weighted by molar-refractivity contribution is 5.76. The molecular weight excluding hydrogens is 236 g/mol. The van der Waals surface area contributed by atoms with Crippen LogP contribution in [-0.4, -0.2) is 25.2 Å². The predicted octanol–water partition coefficient (Wildman–Crippen LogP) is 3.65. The first-order valence-corrected chi connectivity index (χ1v) is 7.37. The average molecular weight is 260 g/mol. The molecule has 0 amide bonds. The van der Waals surface area contributed by atoms with Crippen LogP contribution in [0.3, 0.4) is 0 Å². The molecular formula is C16H24N2O. The molecule has 3 heteroatoms. The Morgan fingerprint density at radius 1 is 1.26 bits per heavy atom. The third kappa shape index (κ3) is 1.96. The summed E-state index contributed by atoms with van der Waals surface area (Å²) in [7, 11) is 1.74. The Labute approximate surface area is 115 Å². The highest BCUT2D eigenvalue weighted by Crippen LogP contribution is 2.46. The molecule has 0 bridgehead atoms. The van der Waals surface area contributed by atoms with Crippen LogP contribution in [0.15, 0.2) is 18.2 Å². The van der Waals surface area contributed by atoms with Gasteiger partial charge in [0.25, 0.3) is 0 Å². The Hall–Kier alpha value is -1.38.